The number of ether oxygens (including phenoxy) is 2. The van der Waals surface area contributed by atoms with Gasteiger partial charge in [-0.2, -0.15) is 4.98 Å². The highest BCUT2D eigenvalue weighted by Gasteiger charge is 2.33. The summed E-state index contributed by atoms with van der Waals surface area (Å²) in [5.41, 5.74) is 6.32. The van der Waals surface area contributed by atoms with Crippen LogP contribution in [-0.2, 0) is 33.8 Å². The molecule has 1 fully saturated rings. The fourth-order valence-electron chi connectivity index (χ4n) is 6.99. The molecule has 3 N–H and O–H groups in total. The van der Waals surface area contributed by atoms with Gasteiger partial charge in [-0.1, -0.05) is 45.0 Å². The molecule has 1 saturated heterocycles. The van der Waals surface area contributed by atoms with Crippen molar-refractivity contribution >= 4 is 33.1 Å². The van der Waals surface area contributed by atoms with Gasteiger partial charge < -0.3 is 24.5 Å². The highest BCUT2D eigenvalue weighted by atomic mass is 32.2. The molecule has 286 valence electrons. The Labute approximate surface area is 316 Å². The number of carboxylic acid groups (broad SMARTS) is 1. The van der Waals surface area contributed by atoms with Crippen LogP contribution in [-0.4, -0.2) is 68.4 Å². The number of aryl methyl sites for hydroxylation is 3. The maximum Gasteiger partial charge on any atom is 0.335 e. The van der Waals surface area contributed by atoms with Crippen LogP contribution in [0.3, 0.4) is 0 Å². The molecular formula is C40H49N7O6S. The predicted molar refractivity (Wildman–Crippen MR) is 207 cm³/mol. The van der Waals surface area contributed by atoms with E-state index >= 15 is 0 Å². The second-order valence-electron chi connectivity index (χ2n) is 15.7. The molecule has 5 aromatic rings. The van der Waals surface area contributed by atoms with Gasteiger partial charge >= 0.3 is 5.97 Å². The number of nitrogens with zero attached hydrogens (tertiary/aromatic N) is 5. The molecule has 54 heavy (non-hydrogen) atoms. The van der Waals surface area contributed by atoms with Crippen molar-refractivity contribution in [1.29, 1.82) is 0 Å². The number of hydrogen-bond donors (Lipinski definition) is 3. The summed E-state index contributed by atoms with van der Waals surface area (Å²) in [6.45, 7) is 15.2. The number of benzene rings is 2. The molecule has 1 aliphatic rings. The lowest BCUT2D eigenvalue weighted by molar-refractivity contribution is -0.0239. The lowest BCUT2D eigenvalue weighted by Crippen LogP contribution is -2.38. The highest BCUT2D eigenvalue weighted by Crippen LogP contribution is 2.33. The predicted octanol–water partition coefficient (Wildman–Crippen LogP) is 6.72. The van der Waals surface area contributed by atoms with Crippen molar-refractivity contribution in [2.75, 3.05) is 11.3 Å². The average molecular weight is 756 g/mol. The van der Waals surface area contributed by atoms with E-state index in [4.69, 9.17) is 19.4 Å². The van der Waals surface area contributed by atoms with Gasteiger partial charge in [-0.15, -0.1) is 0 Å². The number of aromatic carboxylic acids is 1. The van der Waals surface area contributed by atoms with Gasteiger partial charge in [0.25, 0.3) is 10.0 Å². The van der Waals surface area contributed by atoms with Crippen LogP contribution in [0.4, 0.5) is 5.95 Å². The molecule has 2 aromatic carbocycles. The minimum absolute atomic E-state index is 0.0106. The molecule has 2 atom stereocenters. The fraction of sp³-hybridized carbons (Fsp3) is 0.425. The van der Waals surface area contributed by atoms with Crippen LogP contribution in [0.2, 0.25) is 0 Å². The monoisotopic (exact) mass is 755 g/mol. The van der Waals surface area contributed by atoms with E-state index in [1.54, 1.807) is 12.3 Å². The van der Waals surface area contributed by atoms with Crippen LogP contribution >= 0.6 is 0 Å². The third-order valence-corrected chi connectivity index (χ3v) is 11.0. The lowest BCUT2D eigenvalue weighted by atomic mass is 9.92. The third kappa shape index (κ3) is 8.88. The molecule has 13 nitrogen and oxygen atoms in total. The van der Waals surface area contributed by atoms with Gasteiger partial charge in [-0.3, -0.25) is 4.98 Å². The number of anilines is 1. The fourth-order valence-corrected chi connectivity index (χ4v) is 7.98. The van der Waals surface area contributed by atoms with Gasteiger partial charge in [-0.05, 0) is 82.3 Å². The van der Waals surface area contributed by atoms with Crippen LogP contribution in [0.1, 0.15) is 86.8 Å². The summed E-state index contributed by atoms with van der Waals surface area (Å²) in [6.07, 6.45) is 4.32. The zero-order valence-electron chi connectivity index (χ0n) is 32.1. The van der Waals surface area contributed by atoms with E-state index in [2.05, 4.69) is 65.3 Å². The van der Waals surface area contributed by atoms with E-state index in [0.29, 0.717) is 18.7 Å². The molecule has 0 radical (unpaired) electrons. The van der Waals surface area contributed by atoms with Crippen molar-refractivity contribution in [3.63, 3.8) is 0 Å². The zero-order valence-corrected chi connectivity index (χ0v) is 32.9. The lowest BCUT2D eigenvalue weighted by Gasteiger charge is -2.24. The van der Waals surface area contributed by atoms with Crippen LogP contribution in [0.25, 0.3) is 22.4 Å². The van der Waals surface area contributed by atoms with Crippen molar-refractivity contribution in [2.45, 2.75) is 102 Å². The molecule has 0 saturated carbocycles. The molecule has 0 unspecified atom stereocenters. The molecule has 6 rings (SSSR count). The Morgan fingerprint density at radius 2 is 1.80 bits per heavy atom. The Morgan fingerprint density at radius 1 is 1.07 bits per heavy atom. The van der Waals surface area contributed by atoms with Gasteiger partial charge in [0, 0.05) is 42.4 Å². The summed E-state index contributed by atoms with van der Waals surface area (Å²) in [5.74, 6) is -1.29. The molecule has 3 aromatic heterocycles. The Morgan fingerprint density at radius 3 is 2.46 bits per heavy atom. The van der Waals surface area contributed by atoms with Crippen molar-refractivity contribution in [2.24, 2.45) is 7.05 Å². The first-order valence-corrected chi connectivity index (χ1v) is 19.5. The van der Waals surface area contributed by atoms with Crippen molar-refractivity contribution in [1.82, 2.24) is 29.8 Å². The third-order valence-electron chi connectivity index (χ3n) is 9.71. The first-order chi connectivity index (χ1) is 25.4. The summed E-state index contributed by atoms with van der Waals surface area (Å²) in [7, 11) is -2.25. The Balaban J connectivity index is 1.29. The number of hydrogen-bond acceptors (Lipinski definition) is 10. The maximum absolute atomic E-state index is 13.5. The van der Waals surface area contributed by atoms with Crippen LogP contribution in [0.15, 0.2) is 65.7 Å². The topological polar surface area (TPSA) is 170 Å². The molecule has 14 heteroatoms. The van der Waals surface area contributed by atoms with Gasteiger partial charge in [0.05, 0.1) is 39.7 Å². The molecule has 0 bridgehead atoms. The Kier molecular flexibility index (Phi) is 10.8. The van der Waals surface area contributed by atoms with E-state index in [1.165, 1.54) is 18.2 Å². The number of aromatic nitrogens is 5. The van der Waals surface area contributed by atoms with Crippen LogP contribution in [0.5, 0.6) is 5.88 Å². The summed E-state index contributed by atoms with van der Waals surface area (Å²) in [5, 5.41) is 13.1. The van der Waals surface area contributed by atoms with E-state index in [1.807, 2.05) is 39.1 Å². The molecule has 1 aliphatic heterocycles. The van der Waals surface area contributed by atoms with Crippen LogP contribution in [0, 0.1) is 13.8 Å². The zero-order chi connectivity index (χ0) is 39.0. The van der Waals surface area contributed by atoms with Crippen molar-refractivity contribution in [3.8, 4) is 17.1 Å². The summed E-state index contributed by atoms with van der Waals surface area (Å²) in [6, 6.07) is 14.5. The minimum Gasteiger partial charge on any atom is -0.478 e. The first kappa shape index (κ1) is 38.8. The summed E-state index contributed by atoms with van der Waals surface area (Å²) in [4.78, 5) is 30.1. The number of carboxylic acids is 1. The Hall–Kier alpha value is -4.92. The molecule has 0 amide bonds. The second-order valence-corrected chi connectivity index (χ2v) is 17.4. The first-order valence-electron chi connectivity index (χ1n) is 18.1. The second kappa shape index (κ2) is 15.1. The standard InChI is InChI=1S/C40H49N7O6S/c1-24-11-9-12-25(2)35(24)31-20-34(45-38(44-31)46-54(50,51)30-14-10-13-26(17-30)37(48)49)52-23-27(18-29-15-16-40(6,7)53-29)41-21-28-22-42-32-19-33(39(3,4)5)47(8)36(32)43-28/h9-14,17,19-20,22,27,29,41H,15-16,18,21,23H2,1-8H3,(H,48,49)(H,44,45,46)/t27-,29-/m1/s1. The van der Waals surface area contributed by atoms with E-state index in [0.717, 1.165) is 58.2 Å². The molecule has 0 spiro atoms. The van der Waals surface area contributed by atoms with E-state index in [-0.39, 0.29) is 52.1 Å². The van der Waals surface area contributed by atoms with Gasteiger partial charge in [0.15, 0.2) is 5.65 Å². The van der Waals surface area contributed by atoms with E-state index < -0.39 is 16.0 Å². The van der Waals surface area contributed by atoms with E-state index in [9.17, 15) is 18.3 Å². The number of fused-ring (bicyclic) bond motifs is 1. The number of sulfonamides is 1. The number of rotatable bonds is 13. The number of nitrogens with one attached hydrogen (secondary N) is 2. The number of carbonyl (C=O) groups is 1. The molecular weight excluding hydrogens is 707 g/mol. The van der Waals surface area contributed by atoms with Gasteiger partial charge in [0.1, 0.15) is 12.1 Å². The summed E-state index contributed by atoms with van der Waals surface area (Å²) >= 11 is 0. The largest absolute Gasteiger partial charge is 0.478 e. The molecule has 4 heterocycles. The van der Waals surface area contributed by atoms with Gasteiger partial charge in [0.2, 0.25) is 11.8 Å². The Bertz CT molecular complexity index is 2280. The van der Waals surface area contributed by atoms with Crippen molar-refractivity contribution in [3.05, 3.63) is 88.9 Å². The minimum atomic E-state index is -4.27. The van der Waals surface area contributed by atoms with Crippen LogP contribution < -0.4 is 14.8 Å². The molecule has 0 aliphatic carbocycles. The average Bonchev–Trinajstić information content (AvgIpc) is 3.62. The van der Waals surface area contributed by atoms with Crippen molar-refractivity contribution < 1.29 is 27.8 Å². The smallest absolute Gasteiger partial charge is 0.335 e. The maximum atomic E-state index is 13.5. The normalized spacial score (nSPS) is 16.4. The highest BCUT2D eigenvalue weighted by molar-refractivity contribution is 7.92. The SMILES string of the molecule is Cc1cccc(C)c1-c1cc(OC[C@@H](C[C@H]2CCC(C)(C)O2)NCc2cnc3cc(C(C)(C)C)n(C)c3n2)nc(NS(=O)(=O)c2cccc(C(=O)O)c2)n1. The van der Waals surface area contributed by atoms with Gasteiger partial charge in [-0.25, -0.2) is 27.9 Å². The quantitative estimate of drug-likeness (QED) is 0.117. The summed E-state index contributed by atoms with van der Waals surface area (Å²) < 4.78 is 44.3.